The molecule has 0 bridgehead atoms. The van der Waals surface area contributed by atoms with Crippen LogP contribution in [0.2, 0.25) is 5.02 Å². The van der Waals surface area contributed by atoms with Crippen molar-refractivity contribution >= 4 is 22.6 Å². The van der Waals surface area contributed by atoms with Gasteiger partial charge in [-0.15, -0.1) is 0 Å². The Balaban J connectivity index is 2.36. The maximum absolute atomic E-state index is 6.20. The zero-order chi connectivity index (χ0) is 11.8. The van der Waals surface area contributed by atoms with Gasteiger partial charge >= 0.3 is 0 Å². The summed E-state index contributed by atoms with van der Waals surface area (Å²) in [6, 6.07) is 3.03. The molecule has 4 nitrogen and oxygen atoms in total. The Morgan fingerprint density at radius 3 is 2.94 bits per heavy atom. The van der Waals surface area contributed by atoms with Crippen molar-refractivity contribution in [3.8, 4) is 5.82 Å². The summed E-state index contributed by atoms with van der Waals surface area (Å²) >= 11 is 6.20. The van der Waals surface area contributed by atoms with Crippen LogP contribution in [0.5, 0.6) is 0 Å². The quantitative estimate of drug-likeness (QED) is 0.660. The maximum Gasteiger partial charge on any atom is 0.156 e. The molecule has 3 aromatic heterocycles. The zero-order valence-electron chi connectivity index (χ0n) is 9.05. The lowest BCUT2D eigenvalue weighted by molar-refractivity contribution is 0.996. The Kier molecular flexibility index (Phi) is 2.30. The first-order chi connectivity index (χ1) is 8.27. The molecule has 0 aromatic carbocycles. The third kappa shape index (κ3) is 1.57. The Hall–Kier alpha value is -1.94. The average molecular weight is 244 g/mol. The number of hydrogen-bond donors (Lipinski definition) is 0. The fraction of sp³-hybridized carbons (Fsp3) is 0.0833. The number of pyridine rings is 1. The van der Waals surface area contributed by atoms with Crippen LogP contribution in [0.4, 0.5) is 0 Å². The van der Waals surface area contributed by atoms with E-state index >= 15 is 0 Å². The van der Waals surface area contributed by atoms with Crippen LogP contribution in [0.15, 0.2) is 31.0 Å². The van der Waals surface area contributed by atoms with Crippen molar-refractivity contribution in [2.75, 3.05) is 0 Å². The largest absolute Gasteiger partial charge is 0.283 e. The molecule has 0 fully saturated rings. The zero-order valence-corrected chi connectivity index (χ0v) is 9.81. The monoisotopic (exact) mass is 243 g/mol. The van der Waals surface area contributed by atoms with Gasteiger partial charge in [0.05, 0.1) is 11.2 Å². The van der Waals surface area contributed by atoms with Gasteiger partial charge in [-0.3, -0.25) is 9.55 Å². The van der Waals surface area contributed by atoms with Crippen molar-refractivity contribution in [3.63, 3.8) is 0 Å². The molecule has 0 atom stereocenters. The minimum absolute atomic E-state index is 0.646. The van der Waals surface area contributed by atoms with Gasteiger partial charge in [-0.1, -0.05) is 11.6 Å². The number of rotatable bonds is 1. The first kappa shape index (κ1) is 10.2. The molecule has 0 spiro atoms. The van der Waals surface area contributed by atoms with Crippen LogP contribution in [-0.4, -0.2) is 19.5 Å². The Morgan fingerprint density at radius 2 is 2.18 bits per heavy atom. The van der Waals surface area contributed by atoms with Crippen LogP contribution in [0.1, 0.15) is 5.56 Å². The van der Waals surface area contributed by atoms with E-state index in [1.54, 1.807) is 31.0 Å². The Bertz CT molecular complexity index is 676. The van der Waals surface area contributed by atoms with E-state index in [0.29, 0.717) is 10.8 Å². The predicted molar refractivity (Wildman–Crippen MR) is 65.2 cm³/mol. The highest BCUT2D eigenvalue weighted by molar-refractivity contribution is 6.35. The van der Waals surface area contributed by atoms with Gasteiger partial charge in [-0.25, -0.2) is 9.97 Å². The summed E-state index contributed by atoms with van der Waals surface area (Å²) in [7, 11) is 0. The summed E-state index contributed by atoms with van der Waals surface area (Å²) < 4.78 is 1.82. The SMILES string of the molecule is Cc1[c]cnc2c1c(Cl)cn2-c1cnccn1. The first-order valence-corrected chi connectivity index (χ1v) is 5.45. The second-order valence-electron chi connectivity index (χ2n) is 3.64. The highest BCUT2D eigenvalue weighted by Crippen LogP contribution is 2.28. The van der Waals surface area contributed by atoms with E-state index in [0.717, 1.165) is 16.6 Å². The summed E-state index contributed by atoms with van der Waals surface area (Å²) in [5.41, 5.74) is 1.74. The standard InChI is InChI=1S/C12H8ClN4/c1-8-2-3-16-12-11(8)9(13)7-17(12)10-6-14-4-5-15-10/h3-7H,1H3. The van der Waals surface area contributed by atoms with Gasteiger partial charge in [-0.2, -0.15) is 0 Å². The molecule has 0 amide bonds. The second-order valence-corrected chi connectivity index (χ2v) is 4.04. The number of nitrogens with zero attached hydrogens (tertiary/aromatic N) is 4. The fourth-order valence-electron chi connectivity index (χ4n) is 1.79. The smallest absolute Gasteiger partial charge is 0.156 e. The normalized spacial score (nSPS) is 10.9. The van der Waals surface area contributed by atoms with E-state index in [2.05, 4.69) is 21.0 Å². The molecule has 1 radical (unpaired) electrons. The Morgan fingerprint density at radius 1 is 1.29 bits per heavy atom. The molecule has 0 aliphatic carbocycles. The minimum atomic E-state index is 0.646. The van der Waals surface area contributed by atoms with Crippen molar-refractivity contribution in [2.24, 2.45) is 0 Å². The third-order valence-corrected chi connectivity index (χ3v) is 2.86. The van der Waals surface area contributed by atoms with E-state index in [1.807, 2.05) is 11.5 Å². The molecule has 3 heterocycles. The van der Waals surface area contributed by atoms with E-state index in [9.17, 15) is 0 Å². The third-order valence-electron chi connectivity index (χ3n) is 2.57. The van der Waals surface area contributed by atoms with E-state index < -0.39 is 0 Å². The topological polar surface area (TPSA) is 43.6 Å². The van der Waals surface area contributed by atoms with Crippen LogP contribution in [-0.2, 0) is 0 Å². The number of aryl methyl sites for hydroxylation is 1. The molecule has 3 rings (SSSR count). The molecule has 83 valence electrons. The summed E-state index contributed by atoms with van der Waals surface area (Å²) in [5, 5.41) is 1.55. The molecule has 0 aliphatic rings. The molecule has 0 saturated heterocycles. The van der Waals surface area contributed by atoms with Gasteiger partial charge in [0.25, 0.3) is 0 Å². The number of hydrogen-bond acceptors (Lipinski definition) is 3. The van der Waals surface area contributed by atoms with Gasteiger partial charge < -0.3 is 0 Å². The molecule has 17 heavy (non-hydrogen) atoms. The molecule has 0 N–H and O–H groups in total. The van der Waals surface area contributed by atoms with Crippen LogP contribution in [0, 0.1) is 13.0 Å². The van der Waals surface area contributed by atoms with Gasteiger partial charge in [0.15, 0.2) is 5.82 Å². The lowest BCUT2D eigenvalue weighted by Crippen LogP contribution is -1.97. The van der Waals surface area contributed by atoms with Gasteiger partial charge in [-0.05, 0) is 12.5 Å². The maximum atomic E-state index is 6.20. The van der Waals surface area contributed by atoms with Crippen molar-refractivity contribution in [3.05, 3.63) is 47.6 Å². The number of fused-ring (bicyclic) bond motifs is 1. The summed E-state index contributed by atoms with van der Waals surface area (Å²) in [4.78, 5) is 12.6. The van der Waals surface area contributed by atoms with Crippen LogP contribution >= 0.6 is 11.6 Å². The van der Waals surface area contributed by atoms with Gasteiger partial charge in [0.2, 0.25) is 0 Å². The van der Waals surface area contributed by atoms with E-state index in [-0.39, 0.29) is 0 Å². The van der Waals surface area contributed by atoms with Gasteiger partial charge in [0, 0.05) is 36.2 Å². The fourth-order valence-corrected chi connectivity index (χ4v) is 2.12. The lowest BCUT2D eigenvalue weighted by Gasteiger charge is -2.02. The average Bonchev–Trinajstić information content (AvgIpc) is 2.69. The van der Waals surface area contributed by atoms with Crippen molar-refractivity contribution in [1.82, 2.24) is 19.5 Å². The second kappa shape index (κ2) is 3.82. The van der Waals surface area contributed by atoms with Crippen molar-refractivity contribution in [2.45, 2.75) is 6.92 Å². The van der Waals surface area contributed by atoms with Gasteiger partial charge in [0.1, 0.15) is 5.65 Å². The molecule has 5 heteroatoms. The molecule has 0 saturated carbocycles. The molecule has 0 aliphatic heterocycles. The summed E-state index contributed by atoms with van der Waals surface area (Å²) in [5.74, 6) is 0.697. The number of aromatic nitrogens is 4. The van der Waals surface area contributed by atoms with Crippen molar-refractivity contribution in [1.29, 1.82) is 0 Å². The molecular weight excluding hydrogens is 236 g/mol. The van der Waals surface area contributed by atoms with E-state index in [1.165, 1.54) is 0 Å². The van der Waals surface area contributed by atoms with Crippen molar-refractivity contribution < 1.29 is 0 Å². The van der Waals surface area contributed by atoms with Crippen LogP contribution in [0.3, 0.4) is 0 Å². The molecular formula is C12H8ClN4. The van der Waals surface area contributed by atoms with Crippen LogP contribution in [0.25, 0.3) is 16.9 Å². The van der Waals surface area contributed by atoms with Crippen LogP contribution < -0.4 is 0 Å². The highest BCUT2D eigenvalue weighted by atomic mass is 35.5. The minimum Gasteiger partial charge on any atom is -0.283 e. The number of halogens is 1. The summed E-state index contributed by atoms with van der Waals surface area (Å²) in [6.07, 6.45) is 8.37. The Labute approximate surface area is 103 Å². The predicted octanol–water partition coefficient (Wildman–Crippen LogP) is 2.58. The van der Waals surface area contributed by atoms with E-state index in [4.69, 9.17) is 11.6 Å². The molecule has 3 aromatic rings. The highest BCUT2D eigenvalue weighted by Gasteiger charge is 2.12. The summed E-state index contributed by atoms with van der Waals surface area (Å²) in [6.45, 7) is 1.96. The molecule has 0 unspecified atom stereocenters. The lowest BCUT2D eigenvalue weighted by atomic mass is 10.2. The first-order valence-electron chi connectivity index (χ1n) is 5.07.